The SMILES string of the molecule is CN1CCC(N(C)c2ncnc(Nc3cccc4ccccc34)c2[N+](=O)[O-])CC1. The highest BCUT2D eigenvalue weighted by Crippen LogP contribution is 2.36. The lowest BCUT2D eigenvalue weighted by molar-refractivity contribution is -0.383. The van der Waals surface area contributed by atoms with Crippen molar-refractivity contribution >= 4 is 33.8 Å². The molecule has 1 N–H and O–H groups in total. The smallest absolute Gasteiger partial charge is 0.351 e. The normalized spacial score (nSPS) is 15.4. The summed E-state index contributed by atoms with van der Waals surface area (Å²) >= 11 is 0. The van der Waals surface area contributed by atoms with E-state index in [-0.39, 0.29) is 17.5 Å². The monoisotopic (exact) mass is 392 g/mol. The summed E-state index contributed by atoms with van der Waals surface area (Å²) in [4.78, 5) is 24.3. The molecule has 0 saturated carbocycles. The average Bonchev–Trinajstić information content (AvgIpc) is 2.74. The summed E-state index contributed by atoms with van der Waals surface area (Å²) in [6, 6.07) is 13.9. The maximum atomic E-state index is 12.0. The van der Waals surface area contributed by atoms with Crippen LogP contribution in [0.25, 0.3) is 10.8 Å². The molecule has 3 aromatic rings. The third-order valence-corrected chi connectivity index (χ3v) is 5.60. The summed E-state index contributed by atoms with van der Waals surface area (Å²) in [5.41, 5.74) is 0.680. The Morgan fingerprint density at radius 3 is 2.62 bits per heavy atom. The largest absolute Gasteiger partial charge is 0.353 e. The van der Waals surface area contributed by atoms with Gasteiger partial charge in [-0.15, -0.1) is 0 Å². The summed E-state index contributed by atoms with van der Waals surface area (Å²) in [6.45, 7) is 1.93. The minimum Gasteiger partial charge on any atom is -0.351 e. The van der Waals surface area contributed by atoms with Crippen molar-refractivity contribution in [2.75, 3.05) is 37.4 Å². The van der Waals surface area contributed by atoms with Gasteiger partial charge in [0.2, 0.25) is 11.6 Å². The first-order valence-corrected chi connectivity index (χ1v) is 9.70. The molecule has 2 aromatic carbocycles. The Labute approximate surface area is 169 Å². The Kier molecular flexibility index (Phi) is 5.26. The lowest BCUT2D eigenvalue weighted by Crippen LogP contribution is -2.42. The van der Waals surface area contributed by atoms with Crippen molar-refractivity contribution in [3.8, 4) is 0 Å². The zero-order valence-electron chi connectivity index (χ0n) is 16.6. The first-order chi connectivity index (χ1) is 14.0. The first kappa shape index (κ1) is 19.1. The molecule has 0 spiro atoms. The van der Waals surface area contributed by atoms with Gasteiger partial charge in [0, 0.05) is 24.2 Å². The van der Waals surface area contributed by atoms with Crippen molar-refractivity contribution in [3.05, 3.63) is 58.9 Å². The van der Waals surface area contributed by atoms with E-state index < -0.39 is 4.92 Å². The fourth-order valence-corrected chi connectivity index (χ4v) is 3.90. The maximum absolute atomic E-state index is 12.0. The van der Waals surface area contributed by atoms with Crippen LogP contribution in [0.2, 0.25) is 0 Å². The Morgan fingerprint density at radius 2 is 1.86 bits per heavy atom. The van der Waals surface area contributed by atoms with Gasteiger partial charge in [-0.2, -0.15) is 0 Å². The lowest BCUT2D eigenvalue weighted by Gasteiger charge is -2.35. The van der Waals surface area contributed by atoms with E-state index in [1.165, 1.54) is 6.33 Å². The van der Waals surface area contributed by atoms with E-state index in [4.69, 9.17) is 0 Å². The molecule has 0 unspecified atom stereocenters. The molecule has 1 aromatic heterocycles. The topological polar surface area (TPSA) is 87.4 Å². The van der Waals surface area contributed by atoms with E-state index in [9.17, 15) is 10.1 Å². The third-order valence-electron chi connectivity index (χ3n) is 5.60. The summed E-state index contributed by atoms with van der Waals surface area (Å²) in [7, 11) is 3.97. The Bertz CT molecular complexity index is 1030. The summed E-state index contributed by atoms with van der Waals surface area (Å²) in [6.07, 6.45) is 3.28. The van der Waals surface area contributed by atoms with Gasteiger partial charge in [0.15, 0.2) is 0 Å². The molecule has 0 atom stereocenters. The molecule has 29 heavy (non-hydrogen) atoms. The van der Waals surface area contributed by atoms with E-state index in [1.54, 1.807) is 0 Å². The number of nitrogens with zero attached hydrogens (tertiary/aromatic N) is 5. The van der Waals surface area contributed by atoms with Crippen molar-refractivity contribution in [1.82, 2.24) is 14.9 Å². The number of fused-ring (bicyclic) bond motifs is 1. The number of piperidine rings is 1. The molecule has 1 saturated heterocycles. The highest BCUT2D eigenvalue weighted by molar-refractivity contribution is 5.96. The van der Waals surface area contributed by atoms with Gasteiger partial charge in [-0.3, -0.25) is 10.1 Å². The Morgan fingerprint density at radius 1 is 1.14 bits per heavy atom. The summed E-state index contributed by atoms with van der Waals surface area (Å²) in [5.74, 6) is 0.554. The van der Waals surface area contributed by atoms with Gasteiger partial charge in [0.25, 0.3) is 0 Å². The number of aromatic nitrogens is 2. The van der Waals surface area contributed by atoms with Crippen LogP contribution >= 0.6 is 0 Å². The molecule has 1 aliphatic rings. The molecular formula is C21H24N6O2. The predicted octanol–water partition coefficient (Wildman–Crippen LogP) is 3.81. The van der Waals surface area contributed by atoms with Crippen molar-refractivity contribution in [3.63, 3.8) is 0 Å². The highest BCUT2D eigenvalue weighted by atomic mass is 16.6. The molecule has 150 valence electrons. The number of likely N-dealkylation sites (tertiary alicyclic amines) is 1. The number of nitrogens with one attached hydrogen (secondary N) is 1. The number of nitro groups is 1. The number of anilines is 3. The van der Waals surface area contributed by atoms with E-state index in [2.05, 4.69) is 27.2 Å². The van der Waals surface area contributed by atoms with Crippen molar-refractivity contribution in [1.29, 1.82) is 0 Å². The minimum atomic E-state index is -0.395. The molecule has 2 heterocycles. The summed E-state index contributed by atoms with van der Waals surface area (Å²) < 4.78 is 0. The molecule has 4 rings (SSSR count). The van der Waals surface area contributed by atoms with Gasteiger partial charge in [0.1, 0.15) is 6.33 Å². The molecule has 0 radical (unpaired) electrons. The predicted molar refractivity (Wildman–Crippen MR) is 115 cm³/mol. The molecule has 1 fully saturated rings. The van der Waals surface area contributed by atoms with E-state index in [1.807, 2.05) is 54.4 Å². The van der Waals surface area contributed by atoms with Crippen LogP contribution in [0, 0.1) is 10.1 Å². The van der Waals surface area contributed by atoms with Gasteiger partial charge in [-0.1, -0.05) is 36.4 Å². The molecular weight excluding hydrogens is 368 g/mol. The first-order valence-electron chi connectivity index (χ1n) is 9.70. The van der Waals surface area contributed by atoms with Gasteiger partial charge in [0.05, 0.1) is 4.92 Å². The van der Waals surface area contributed by atoms with Crippen LogP contribution in [-0.2, 0) is 0 Å². The van der Waals surface area contributed by atoms with Crippen LogP contribution in [0.4, 0.5) is 23.0 Å². The minimum absolute atomic E-state index is 0.0955. The second-order valence-electron chi connectivity index (χ2n) is 7.45. The zero-order valence-corrected chi connectivity index (χ0v) is 16.6. The number of benzene rings is 2. The van der Waals surface area contributed by atoms with E-state index in [0.717, 1.165) is 42.4 Å². The molecule has 8 heteroatoms. The molecule has 0 amide bonds. The fraction of sp³-hybridized carbons (Fsp3) is 0.333. The third kappa shape index (κ3) is 3.84. The van der Waals surface area contributed by atoms with Crippen molar-refractivity contribution in [2.45, 2.75) is 18.9 Å². The van der Waals surface area contributed by atoms with Crippen LogP contribution in [0.3, 0.4) is 0 Å². The van der Waals surface area contributed by atoms with Crippen molar-refractivity contribution < 1.29 is 4.92 Å². The van der Waals surface area contributed by atoms with Crippen LogP contribution < -0.4 is 10.2 Å². The van der Waals surface area contributed by atoms with E-state index >= 15 is 0 Å². The lowest BCUT2D eigenvalue weighted by atomic mass is 10.0. The fourth-order valence-electron chi connectivity index (χ4n) is 3.90. The maximum Gasteiger partial charge on any atom is 0.353 e. The zero-order chi connectivity index (χ0) is 20.4. The molecule has 8 nitrogen and oxygen atoms in total. The second kappa shape index (κ2) is 8.00. The van der Waals surface area contributed by atoms with Crippen LogP contribution in [0.1, 0.15) is 12.8 Å². The van der Waals surface area contributed by atoms with Crippen LogP contribution in [0.5, 0.6) is 0 Å². The van der Waals surface area contributed by atoms with Gasteiger partial charge < -0.3 is 15.1 Å². The summed E-state index contributed by atoms with van der Waals surface area (Å²) in [5, 5.41) is 17.2. The van der Waals surface area contributed by atoms with Crippen LogP contribution in [0.15, 0.2) is 48.8 Å². The van der Waals surface area contributed by atoms with Crippen molar-refractivity contribution in [2.24, 2.45) is 0 Å². The quantitative estimate of drug-likeness (QED) is 0.522. The number of hydrogen-bond acceptors (Lipinski definition) is 7. The standard InChI is InChI=1S/C21H24N6O2/c1-25-12-10-16(11-13-25)26(2)21-19(27(28)29)20(22-14-23-21)24-18-9-5-7-15-6-3-4-8-17(15)18/h3-9,14,16H,10-13H2,1-2H3,(H,22,23,24). The molecule has 0 aliphatic carbocycles. The van der Waals surface area contributed by atoms with E-state index in [0.29, 0.717) is 5.82 Å². The molecule has 1 aliphatic heterocycles. The highest BCUT2D eigenvalue weighted by Gasteiger charge is 2.30. The average molecular weight is 392 g/mol. The Balaban J connectivity index is 1.71. The second-order valence-corrected chi connectivity index (χ2v) is 7.45. The van der Waals surface area contributed by atoms with Gasteiger partial charge >= 0.3 is 5.69 Å². The number of hydrogen-bond donors (Lipinski definition) is 1. The molecule has 0 bridgehead atoms. The van der Waals surface area contributed by atoms with Gasteiger partial charge in [-0.25, -0.2) is 9.97 Å². The van der Waals surface area contributed by atoms with Crippen LogP contribution in [-0.4, -0.2) is 53.0 Å². The Hall–Kier alpha value is -3.26. The van der Waals surface area contributed by atoms with Gasteiger partial charge in [-0.05, 0) is 44.4 Å². The number of rotatable bonds is 5.